The number of benzene rings is 2. The Morgan fingerprint density at radius 2 is 1.88 bits per heavy atom. The van der Waals surface area contributed by atoms with E-state index in [-0.39, 0.29) is 5.82 Å². The van der Waals surface area contributed by atoms with E-state index < -0.39 is 0 Å². The molecule has 0 amide bonds. The van der Waals surface area contributed by atoms with E-state index >= 15 is 4.39 Å². The minimum Gasteiger partial charge on any atom is -0.206 e. The molecule has 1 fully saturated rings. The summed E-state index contributed by atoms with van der Waals surface area (Å²) in [6.45, 7) is 2.28. The Bertz CT molecular complexity index is 831. The number of nitrogens with zero attached hydrogens (tertiary/aromatic N) is 1. The first-order valence-electron chi connectivity index (χ1n) is 10.0. The molecule has 0 heterocycles. The first-order valence-corrected chi connectivity index (χ1v) is 10.0. The van der Waals surface area contributed by atoms with Crippen molar-refractivity contribution in [1.82, 2.24) is 0 Å². The summed E-state index contributed by atoms with van der Waals surface area (Å²) in [5.41, 5.74) is 4.36. The van der Waals surface area contributed by atoms with Gasteiger partial charge in [0.25, 0.3) is 0 Å². The van der Waals surface area contributed by atoms with E-state index in [1.54, 1.807) is 12.1 Å². The molecule has 0 radical (unpaired) electrons. The Kier molecular flexibility index (Phi) is 4.81. The number of nitriles is 1. The largest absolute Gasteiger partial charge is 0.206 e. The second-order valence-electron chi connectivity index (χ2n) is 8.06. The van der Waals surface area contributed by atoms with E-state index in [1.165, 1.54) is 37.7 Å². The van der Waals surface area contributed by atoms with E-state index in [4.69, 9.17) is 5.26 Å². The van der Waals surface area contributed by atoms with Crippen LogP contribution < -0.4 is 0 Å². The van der Waals surface area contributed by atoms with E-state index in [0.717, 1.165) is 35.8 Å². The molecule has 3 atom stereocenters. The molecule has 26 heavy (non-hydrogen) atoms. The van der Waals surface area contributed by atoms with Gasteiger partial charge in [-0.25, -0.2) is 4.39 Å². The first kappa shape index (κ1) is 17.3. The van der Waals surface area contributed by atoms with Crippen LogP contribution in [0.5, 0.6) is 0 Å². The third-order valence-corrected chi connectivity index (χ3v) is 6.56. The molecule has 2 aromatic carbocycles. The lowest BCUT2D eigenvalue weighted by atomic mass is 9.64. The van der Waals surface area contributed by atoms with E-state index in [1.807, 2.05) is 18.2 Å². The fraction of sp³-hybridized carbons (Fsp3) is 0.458. The highest BCUT2D eigenvalue weighted by Gasteiger charge is 2.36. The van der Waals surface area contributed by atoms with Crippen molar-refractivity contribution in [2.24, 2.45) is 11.8 Å². The van der Waals surface area contributed by atoms with E-state index in [0.29, 0.717) is 17.0 Å². The van der Waals surface area contributed by atoms with Crippen molar-refractivity contribution in [2.45, 2.75) is 57.8 Å². The molecular formula is C24H26FN. The van der Waals surface area contributed by atoms with Gasteiger partial charge in [-0.05, 0) is 78.7 Å². The highest BCUT2D eigenvalue weighted by Crippen LogP contribution is 2.49. The van der Waals surface area contributed by atoms with Crippen LogP contribution in [-0.4, -0.2) is 0 Å². The highest BCUT2D eigenvalue weighted by atomic mass is 19.1. The van der Waals surface area contributed by atoms with Crippen molar-refractivity contribution >= 4 is 0 Å². The van der Waals surface area contributed by atoms with Crippen molar-refractivity contribution in [2.75, 3.05) is 0 Å². The monoisotopic (exact) mass is 347 g/mol. The first-order chi connectivity index (χ1) is 12.7. The average molecular weight is 347 g/mol. The summed E-state index contributed by atoms with van der Waals surface area (Å²) < 4.78 is 15.3. The van der Waals surface area contributed by atoms with Crippen molar-refractivity contribution in [3.63, 3.8) is 0 Å². The molecule has 4 rings (SSSR count). The molecule has 2 aliphatic rings. The van der Waals surface area contributed by atoms with Gasteiger partial charge in [0.15, 0.2) is 0 Å². The van der Waals surface area contributed by atoms with Crippen LogP contribution in [0.15, 0.2) is 36.4 Å². The van der Waals surface area contributed by atoms with Crippen molar-refractivity contribution in [1.29, 1.82) is 5.26 Å². The zero-order valence-electron chi connectivity index (χ0n) is 15.5. The second kappa shape index (κ2) is 7.23. The third kappa shape index (κ3) is 3.05. The molecule has 0 N–H and O–H groups in total. The highest BCUT2D eigenvalue weighted by molar-refractivity contribution is 5.67. The Morgan fingerprint density at radius 3 is 2.62 bits per heavy atom. The van der Waals surface area contributed by atoms with Crippen LogP contribution in [0.1, 0.15) is 68.1 Å². The number of hydrogen-bond acceptors (Lipinski definition) is 1. The molecule has 3 unspecified atom stereocenters. The number of fused-ring (bicyclic) bond motifs is 3. The molecule has 1 nitrogen and oxygen atoms in total. The quantitative estimate of drug-likeness (QED) is 0.613. The summed E-state index contributed by atoms with van der Waals surface area (Å²) in [4.78, 5) is 0. The van der Waals surface area contributed by atoms with Crippen LogP contribution in [-0.2, 0) is 6.42 Å². The van der Waals surface area contributed by atoms with Crippen LogP contribution in [0, 0.1) is 29.0 Å². The predicted molar refractivity (Wildman–Crippen MR) is 103 cm³/mol. The van der Waals surface area contributed by atoms with Gasteiger partial charge in [0.2, 0.25) is 0 Å². The van der Waals surface area contributed by atoms with Gasteiger partial charge in [-0.15, -0.1) is 0 Å². The normalized spacial score (nSPS) is 24.4. The topological polar surface area (TPSA) is 23.8 Å². The molecule has 2 aliphatic carbocycles. The summed E-state index contributed by atoms with van der Waals surface area (Å²) in [6, 6.07) is 13.5. The number of rotatable bonds is 3. The maximum Gasteiger partial charge on any atom is 0.134 e. The van der Waals surface area contributed by atoms with Gasteiger partial charge in [0, 0.05) is 5.56 Å². The summed E-state index contributed by atoms with van der Waals surface area (Å²) in [5, 5.41) is 8.95. The van der Waals surface area contributed by atoms with Crippen molar-refractivity contribution in [3.05, 3.63) is 58.9 Å². The lowest BCUT2D eigenvalue weighted by Crippen LogP contribution is -2.28. The SMILES string of the molecule is CCCC1CCC2c3ccc(-c4ccc(C#N)cc4)c(F)c3CCC2C1. The van der Waals surface area contributed by atoms with Gasteiger partial charge >= 0.3 is 0 Å². The number of halogens is 1. The lowest BCUT2D eigenvalue weighted by Gasteiger charge is -2.41. The molecule has 134 valence electrons. The van der Waals surface area contributed by atoms with Crippen molar-refractivity contribution in [3.8, 4) is 17.2 Å². The molecule has 1 saturated carbocycles. The molecule has 0 saturated heterocycles. The predicted octanol–water partition coefficient (Wildman–Crippen LogP) is 6.61. The van der Waals surface area contributed by atoms with Gasteiger partial charge in [-0.1, -0.05) is 44.0 Å². The average Bonchev–Trinajstić information content (AvgIpc) is 2.68. The Morgan fingerprint density at radius 1 is 1.08 bits per heavy atom. The van der Waals surface area contributed by atoms with Crippen LogP contribution >= 0.6 is 0 Å². The van der Waals surface area contributed by atoms with Crippen LogP contribution in [0.4, 0.5) is 4.39 Å². The molecule has 0 spiro atoms. The van der Waals surface area contributed by atoms with E-state index in [9.17, 15) is 0 Å². The van der Waals surface area contributed by atoms with Crippen molar-refractivity contribution < 1.29 is 4.39 Å². The third-order valence-electron chi connectivity index (χ3n) is 6.56. The standard InChI is InChI=1S/C24H26FN/c1-2-3-16-6-10-20-19(14-16)9-11-23-22(20)13-12-21(24(23)25)18-7-4-17(15-26)5-8-18/h4-5,7-8,12-13,16,19-20H,2-3,6,9-11,14H2,1H3. The van der Waals surface area contributed by atoms with Crippen LogP contribution in [0.3, 0.4) is 0 Å². The number of hydrogen-bond donors (Lipinski definition) is 0. The Labute approximate surface area is 155 Å². The Hall–Kier alpha value is -2.14. The second-order valence-corrected chi connectivity index (χ2v) is 8.06. The van der Waals surface area contributed by atoms with Crippen LogP contribution in [0.2, 0.25) is 0 Å². The summed E-state index contributed by atoms with van der Waals surface area (Å²) in [5.74, 6) is 2.14. The minimum atomic E-state index is -0.0404. The fourth-order valence-electron chi connectivity index (χ4n) is 5.27. The molecule has 0 aliphatic heterocycles. The van der Waals surface area contributed by atoms with Gasteiger partial charge < -0.3 is 0 Å². The van der Waals surface area contributed by atoms with E-state index in [2.05, 4.69) is 19.1 Å². The fourth-order valence-corrected chi connectivity index (χ4v) is 5.27. The van der Waals surface area contributed by atoms with Gasteiger partial charge in [0.05, 0.1) is 11.6 Å². The van der Waals surface area contributed by atoms with Gasteiger partial charge in [0.1, 0.15) is 5.82 Å². The molecule has 2 heteroatoms. The molecule has 0 aromatic heterocycles. The lowest BCUT2D eigenvalue weighted by molar-refractivity contribution is 0.200. The molecular weight excluding hydrogens is 321 g/mol. The summed E-state index contributed by atoms with van der Waals surface area (Å²) in [6.07, 6.45) is 8.47. The molecule has 2 aromatic rings. The van der Waals surface area contributed by atoms with Gasteiger partial charge in [-0.2, -0.15) is 5.26 Å². The Balaban J connectivity index is 1.64. The summed E-state index contributed by atoms with van der Waals surface area (Å²) in [7, 11) is 0. The van der Waals surface area contributed by atoms with Gasteiger partial charge in [-0.3, -0.25) is 0 Å². The minimum absolute atomic E-state index is 0.0404. The zero-order valence-corrected chi connectivity index (χ0v) is 15.5. The maximum absolute atomic E-state index is 15.3. The zero-order chi connectivity index (χ0) is 18.1. The smallest absolute Gasteiger partial charge is 0.134 e. The summed E-state index contributed by atoms with van der Waals surface area (Å²) >= 11 is 0. The molecule has 0 bridgehead atoms. The van der Waals surface area contributed by atoms with Crippen LogP contribution in [0.25, 0.3) is 11.1 Å². The maximum atomic E-state index is 15.3.